The van der Waals surface area contributed by atoms with Crippen molar-refractivity contribution in [3.05, 3.63) is 42.2 Å². The van der Waals surface area contributed by atoms with Gasteiger partial charge in [0.05, 0.1) is 18.8 Å². The number of hydrogen-bond acceptors (Lipinski definition) is 4. The smallest absolute Gasteiger partial charge is 0.414 e. The fourth-order valence-electron chi connectivity index (χ4n) is 3.77. The minimum Gasteiger partial charge on any atom is -0.442 e. The van der Waals surface area contributed by atoms with Crippen molar-refractivity contribution in [2.45, 2.75) is 31.8 Å². The van der Waals surface area contributed by atoms with Gasteiger partial charge in [0.1, 0.15) is 11.9 Å². The Morgan fingerprint density at radius 2 is 2.26 bits per heavy atom. The first-order valence-corrected chi connectivity index (χ1v) is 9.33. The van der Waals surface area contributed by atoms with Crippen molar-refractivity contribution >= 4 is 17.7 Å². The molecule has 6 nitrogen and oxygen atoms in total. The molecule has 3 rings (SSSR count). The van der Waals surface area contributed by atoms with Crippen LogP contribution in [0.25, 0.3) is 0 Å². The Kier molecular flexibility index (Phi) is 6.11. The maximum atomic E-state index is 14.8. The molecular weight excluding hydrogens is 349 g/mol. The van der Waals surface area contributed by atoms with Crippen LogP contribution in [0.2, 0.25) is 0 Å². The van der Waals surface area contributed by atoms with E-state index in [0.29, 0.717) is 11.3 Å². The summed E-state index contributed by atoms with van der Waals surface area (Å²) in [6, 6.07) is 4.96. The second-order valence-electron chi connectivity index (χ2n) is 7.15. The number of piperidine rings is 1. The molecule has 1 aromatic rings. The van der Waals surface area contributed by atoms with E-state index >= 15 is 0 Å². The average Bonchev–Trinajstić information content (AvgIpc) is 3.01. The fraction of sp³-hybridized carbons (Fsp3) is 0.500. The maximum absolute atomic E-state index is 14.8. The van der Waals surface area contributed by atoms with Gasteiger partial charge < -0.3 is 10.1 Å². The van der Waals surface area contributed by atoms with Crippen LogP contribution < -0.4 is 10.2 Å². The highest BCUT2D eigenvalue weighted by molar-refractivity contribution is 5.89. The molecule has 146 valence electrons. The van der Waals surface area contributed by atoms with Gasteiger partial charge in [-0.05, 0) is 43.0 Å². The van der Waals surface area contributed by atoms with Gasteiger partial charge in [0.15, 0.2) is 0 Å². The van der Waals surface area contributed by atoms with E-state index in [0.717, 1.165) is 32.5 Å². The molecule has 0 saturated carbocycles. The van der Waals surface area contributed by atoms with Crippen molar-refractivity contribution in [1.29, 1.82) is 0 Å². The van der Waals surface area contributed by atoms with Gasteiger partial charge in [-0.25, -0.2) is 9.18 Å². The molecule has 7 heteroatoms. The minimum atomic E-state index is -0.521. The predicted molar refractivity (Wildman–Crippen MR) is 101 cm³/mol. The summed E-state index contributed by atoms with van der Waals surface area (Å²) in [4.78, 5) is 26.8. The summed E-state index contributed by atoms with van der Waals surface area (Å²) in [5.74, 6) is -0.334. The largest absolute Gasteiger partial charge is 0.442 e. The van der Waals surface area contributed by atoms with Crippen LogP contribution in [-0.4, -0.2) is 55.7 Å². The molecule has 2 heterocycles. The topological polar surface area (TPSA) is 61.9 Å². The quantitative estimate of drug-likeness (QED) is 0.777. The van der Waals surface area contributed by atoms with Crippen LogP contribution in [0.3, 0.4) is 0 Å². The number of carbonyl (C=O) groups is 2. The summed E-state index contributed by atoms with van der Waals surface area (Å²) < 4.78 is 20.0. The molecule has 1 N–H and O–H groups in total. The molecule has 2 amide bonds. The second kappa shape index (κ2) is 8.52. The van der Waals surface area contributed by atoms with Gasteiger partial charge in [-0.3, -0.25) is 14.6 Å². The molecule has 2 aliphatic heterocycles. The first kappa shape index (κ1) is 19.4. The molecule has 27 heavy (non-hydrogen) atoms. The van der Waals surface area contributed by atoms with Crippen LogP contribution >= 0.6 is 0 Å². The van der Waals surface area contributed by atoms with Crippen LogP contribution in [-0.2, 0) is 9.53 Å². The lowest BCUT2D eigenvalue weighted by Crippen LogP contribution is -2.34. The summed E-state index contributed by atoms with van der Waals surface area (Å²) in [5, 5.41) is 2.63. The Labute approximate surface area is 159 Å². The van der Waals surface area contributed by atoms with Crippen LogP contribution in [0, 0.1) is 5.82 Å². The predicted octanol–water partition coefficient (Wildman–Crippen LogP) is 2.65. The number of carbonyl (C=O) groups excluding carboxylic acids is 2. The number of nitrogens with zero attached hydrogens (tertiary/aromatic N) is 2. The summed E-state index contributed by atoms with van der Waals surface area (Å²) in [5.41, 5.74) is 1.17. The third kappa shape index (κ3) is 4.66. The molecular formula is C20H26FN3O3. The number of cyclic esters (lactones) is 1. The van der Waals surface area contributed by atoms with Crippen molar-refractivity contribution in [2.24, 2.45) is 0 Å². The Hall–Kier alpha value is -2.41. The van der Waals surface area contributed by atoms with Gasteiger partial charge in [0.2, 0.25) is 5.91 Å². The third-order valence-corrected chi connectivity index (χ3v) is 5.08. The van der Waals surface area contributed by atoms with E-state index in [9.17, 15) is 14.0 Å². The van der Waals surface area contributed by atoms with E-state index in [4.69, 9.17) is 4.74 Å². The summed E-state index contributed by atoms with van der Waals surface area (Å²) in [7, 11) is 0. The highest BCUT2D eigenvalue weighted by atomic mass is 19.1. The first-order valence-electron chi connectivity index (χ1n) is 9.33. The van der Waals surface area contributed by atoms with Gasteiger partial charge in [-0.2, -0.15) is 0 Å². The highest BCUT2D eigenvalue weighted by Crippen LogP contribution is 2.31. The molecule has 2 aliphatic rings. The van der Waals surface area contributed by atoms with Crippen molar-refractivity contribution in [1.82, 2.24) is 10.2 Å². The zero-order valence-electron chi connectivity index (χ0n) is 15.6. The highest BCUT2D eigenvalue weighted by Gasteiger charge is 2.33. The minimum absolute atomic E-state index is 0.144. The number of benzene rings is 1. The fourth-order valence-corrected chi connectivity index (χ4v) is 3.77. The van der Waals surface area contributed by atoms with Crippen LogP contribution in [0.15, 0.2) is 30.9 Å². The van der Waals surface area contributed by atoms with Crippen molar-refractivity contribution in [2.75, 3.05) is 37.6 Å². The molecule has 1 unspecified atom stereocenters. The summed E-state index contributed by atoms with van der Waals surface area (Å²) in [6.45, 7) is 8.35. The Morgan fingerprint density at radius 1 is 1.44 bits per heavy atom. The van der Waals surface area contributed by atoms with Crippen molar-refractivity contribution in [3.63, 3.8) is 0 Å². The van der Waals surface area contributed by atoms with E-state index < -0.39 is 12.2 Å². The summed E-state index contributed by atoms with van der Waals surface area (Å²) >= 11 is 0. The van der Waals surface area contributed by atoms with E-state index in [2.05, 4.69) is 16.8 Å². The van der Waals surface area contributed by atoms with E-state index in [-0.39, 0.29) is 30.7 Å². The lowest BCUT2D eigenvalue weighted by atomic mass is 9.90. The number of rotatable bonds is 6. The van der Waals surface area contributed by atoms with Gasteiger partial charge >= 0.3 is 6.09 Å². The number of hydrogen-bond donors (Lipinski definition) is 1. The molecule has 0 spiro atoms. The lowest BCUT2D eigenvalue weighted by molar-refractivity contribution is -0.119. The SMILES string of the molecule is C=CCN1CCCC(c2ccc(N3C[C@H](CNC(C)=O)OC3=O)cc2F)C1. The van der Waals surface area contributed by atoms with Gasteiger partial charge in [0.25, 0.3) is 0 Å². The van der Waals surface area contributed by atoms with E-state index in [1.807, 2.05) is 6.08 Å². The Morgan fingerprint density at radius 3 is 2.96 bits per heavy atom. The molecule has 0 bridgehead atoms. The van der Waals surface area contributed by atoms with Crippen LogP contribution in [0.5, 0.6) is 0 Å². The molecule has 0 radical (unpaired) electrons. The van der Waals surface area contributed by atoms with E-state index in [1.165, 1.54) is 17.9 Å². The molecule has 0 aliphatic carbocycles. The third-order valence-electron chi connectivity index (χ3n) is 5.08. The maximum Gasteiger partial charge on any atom is 0.414 e. The normalized spacial score (nSPS) is 23.2. The van der Waals surface area contributed by atoms with Gasteiger partial charge in [0, 0.05) is 20.0 Å². The zero-order chi connectivity index (χ0) is 19.4. The second-order valence-corrected chi connectivity index (χ2v) is 7.15. The number of halogens is 1. The monoisotopic (exact) mass is 375 g/mol. The van der Waals surface area contributed by atoms with Gasteiger partial charge in [-0.15, -0.1) is 6.58 Å². The summed E-state index contributed by atoms with van der Waals surface area (Å²) in [6.07, 6.45) is 2.90. The number of anilines is 1. The molecule has 0 aromatic heterocycles. The van der Waals surface area contributed by atoms with Crippen molar-refractivity contribution < 1.29 is 18.7 Å². The molecule has 2 fully saturated rings. The molecule has 2 saturated heterocycles. The zero-order valence-corrected chi connectivity index (χ0v) is 15.6. The average molecular weight is 375 g/mol. The Bertz CT molecular complexity index is 724. The molecule has 2 atom stereocenters. The molecule has 1 aromatic carbocycles. The number of likely N-dealkylation sites (tertiary alicyclic amines) is 1. The van der Waals surface area contributed by atoms with Crippen LogP contribution in [0.1, 0.15) is 31.2 Å². The number of nitrogens with one attached hydrogen (secondary N) is 1. The van der Waals surface area contributed by atoms with E-state index in [1.54, 1.807) is 12.1 Å². The number of ether oxygens (including phenoxy) is 1. The lowest BCUT2D eigenvalue weighted by Gasteiger charge is -2.32. The van der Waals surface area contributed by atoms with Gasteiger partial charge in [-0.1, -0.05) is 12.1 Å². The Balaban J connectivity index is 1.68. The van der Waals surface area contributed by atoms with Crippen molar-refractivity contribution in [3.8, 4) is 0 Å². The van der Waals surface area contributed by atoms with Crippen LogP contribution in [0.4, 0.5) is 14.9 Å². The first-order chi connectivity index (χ1) is 13.0. The standard InChI is InChI=1S/C20H26FN3O3/c1-3-8-23-9-4-5-15(12-23)18-7-6-16(10-19(18)21)24-13-17(27-20(24)26)11-22-14(2)25/h3,6-7,10,15,17H,1,4-5,8-9,11-13H2,2H3,(H,22,25)/t15?,17-/m0/s1. The number of amides is 2.